The van der Waals surface area contributed by atoms with Gasteiger partial charge >= 0.3 is 0 Å². The number of anilines is 7. The number of aromatic nitrogens is 10. The first-order valence-electron chi connectivity index (χ1n) is 31.7. The third kappa shape index (κ3) is 16.2. The fraction of sp³-hybridized carbons (Fsp3) is 0.0704. The van der Waals surface area contributed by atoms with Crippen molar-refractivity contribution in [2.45, 2.75) is 27.5 Å². The van der Waals surface area contributed by atoms with Gasteiger partial charge in [0.2, 0.25) is 23.1 Å². The van der Waals surface area contributed by atoms with Crippen molar-refractivity contribution in [1.82, 2.24) is 49.8 Å². The zero-order chi connectivity index (χ0) is 79.7. The molecule has 2 aliphatic carbocycles. The number of non-ortho nitro benzene ring substituents is 2. The summed E-state index contributed by atoms with van der Waals surface area (Å²) in [6.07, 6.45) is 13.4. The summed E-state index contributed by atoms with van der Waals surface area (Å²) in [7, 11) is -11.4. The molecule has 0 unspecified atom stereocenters. The van der Waals surface area contributed by atoms with E-state index in [1.807, 2.05) is 12.1 Å². The average molecular weight is 1600 g/mol. The van der Waals surface area contributed by atoms with E-state index in [0.717, 1.165) is 72.9 Å². The summed E-state index contributed by atoms with van der Waals surface area (Å²) >= 11 is 5.66. The van der Waals surface area contributed by atoms with Gasteiger partial charge < -0.3 is 31.7 Å². The van der Waals surface area contributed by atoms with Crippen molar-refractivity contribution in [1.29, 1.82) is 0 Å². The fourth-order valence-electron chi connectivity index (χ4n) is 11.8. The molecule has 7 N–H and O–H groups in total. The topological polar surface area (TPSA) is 429 Å². The number of benzene rings is 7. The van der Waals surface area contributed by atoms with Crippen LogP contribution in [0.3, 0.4) is 0 Å². The van der Waals surface area contributed by atoms with Crippen molar-refractivity contribution in [2.24, 2.45) is 0 Å². The lowest BCUT2D eigenvalue weighted by molar-refractivity contribution is -0.385. The number of para-hydroxylation sites is 2. The number of fused-ring (bicyclic) bond motifs is 4. The van der Waals surface area contributed by atoms with Crippen molar-refractivity contribution in [3.05, 3.63) is 287 Å². The number of sulfone groups is 3. The highest BCUT2D eigenvalue weighted by atomic mass is 35.5. The summed E-state index contributed by atoms with van der Waals surface area (Å²) in [6, 6.07) is 30.2. The molecule has 111 heavy (non-hydrogen) atoms. The van der Waals surface area contributed by atoms with Gasteiger partial charge in [0, 0.05) is 93.7 Å². The largest absolute Gasteiger partial charge is 0.398 e. The average Bonchev–Trinajstić information content (AvgIpc) is 1.67. The fourth-order valence-corrected chi connectivity index (χ4v) is 14.2. The number of allylic oxidation sites excluding steroid dienone is 2. The van der Waals surface area contributed by atoms with E-state index in [1.165, 1.54) is 85.2 Å². The molecule has 40 heteroatoms. The van der Waals surface area contributed by atoms with E-state index < -0.39 is 99.7 Å². The van der Waals surface area contributed by atoms with E-state index in [-0.39, 0.29) is 97.5 Å². The highest BCUT2D eigenvalue weighted by Gasteiger charge is 2.30. The Labute approximate surface area is 626 Å². The van der Waals surface area contributed by atoms with Crippen LogP contribution in [-0.2, 0) is 42.4 Å². The molecule has 0 fully saturated rings. The molecule has 0 saturated carbocycles. The van der Waals surface area contributed by atoms with Gasteiger partial charge in [-0.05, 0) is 83.6 Å². The number of nitrogens with two attached hydrogens (primary N) is 1. The number of hydrogen-bond donors (Lipinski definition) is 6. The normalized spacial score (nSPS) is 12.2. The maximum atomic E-state index is 14.6. The summed E-state index contributed by atoms with van der Waals surface area (Å²) in [5, 5.41) is 41.9. The smallest absolute Gasteiger partial charge is 0.293 e. The zero-order valence-electron chi connectivity index (χ0n) is 56.8. The lowest BCUT2D eigenvalue weighted by Gasteiger charge is -2.11. The van der Waals surface area contributed by atoms with Crippen molar-refractivity contribution in [3.63, 3.8) is 0 Å². The molecule has 2 aliphatic rings. The van der Waals surface area contributed by atoms with Crippen LogP contribution in [-0.4, -0.2) is 109 Å². The third-order valence-electron chi connectivity index (χ3n) is 16.7. The Morgan fingerprint density at radius 2 is 0.757 bits per heavy atom. The van der Waals surface area contributed by atoms with E-state index in [2.05, 4.69) is 65.8 Å². The summed E-state index contributed by atoms with van der Waals surface area (Å²) < 4.78 is 171. The predicted octanol–water partition coefficient (Wildman–Crippen LogP) is 14.6. The molecule has 0 spiro atoms. The number of aromatic amines is 2. The van der Waals surface area contributed by atoms with E-state index in [0.29, 0.717) is 56.2 Å². The molecule has 0 amide bonds. The summed E-state index contributed by atoms with van der Waals surface area (Å²) in [5.74, 6) is -6.27. The molecule has 0 bridgehead atoms. The first-order chi connectivity index (χ1) is 52.7. The molecule has 0 saturated heterocycles. The monoisotopic (exact) mass is 1600 g/mol. The molecule has 7 aromatic carbocycles. The highest BCUT2D eigenvalue weighted by Crippen LogP contribution is 2.41. The molecule has 564 valence electrons. The van der Waals surface area contributed by atoms with Gasteiger partial charge in [-0.25, -0.2) is 95.9 Å². The molecule has 0 aliphatic heterocycles. The van der Waals surface area contributed by atoms with Gasteiger partial charge in [0.05, 0.1) is 56.6 Å². The van der Waals surface area contributed by atoms with Gasteiger partial charge in [-0.2, -0.15) is 0 Å². The van der Waals surface area contributed by atoms with Crippen molar-refractivity contribution >= 4 is 132 Å². The first kappa shape index (κ1) is 77.1. The number of halogens is 8. The Kier molecular flexibility index (Phi) is 21.5. The maximum Gasteiger partial charge on any atom is 0.293 e. The number of rotatable bonds is 16. The van der Waals surface area contributed by atoms with Crippen LogP contribution in [0.5, 0.6) is 0 Å². The Bertz CT molecular complexity index is 6460. The Morgan fingerprint density at radius 3 is 1.16 bits per heavy atom. The van der Waals surface area contributed by atoms with Gasteiger partial charge in [-0.1, -0.05) is 78.9 Å². The van der Waals surface area contributed by atoms with Crippen LogP contribution in [0.25, 0.3) is 55.5 Å². The maximum absolute atomic E-state index is 14.6. The van der Waals surface area contributed by atoms with E-state index in [9.17, 15) is 86.3 Å². The molecule has 13 aromatic rings. The molecule has 6 aromatic heterocycles. The second kappa shape index (κ2) is 31.0. The summed E-state index contributed by atoms with van der Waals surface area (Å²) in [6.45, 7) is 0. The number of hydrogen-bond acceptors (Lipinski definition) is 24. The minimum absolute atomic E-state index is 0.00301. The number of nitro benzene ring substituents is 3. The van der Waals surface area contributed by atoms with Crippen molar-refractivity contribution < 1.29 is 70.8 Å². The van der Waals surface area contributed by atoms with Crippen LogP contribution in [0.4, 0.5) is 88.4 Å². The molecular formula is C71H49ClF7N17O12S3. The predicted molar refractivity (Wildman–Crippen MR) is 395 cm³/mol. The highest BCUT2D eigenvalue weighted by molar-refractivity contribution is 7.91. The Hall–Kier alpha value is -13.5. The minimum Gasteiger partial charge on any atom is -0.398 e. The standard InChI is InChI=1S/C20H14F2N4O4S.C20H16F2N4O2S.C19H13F2N5O4S.C12H6ClFN4O2/c1-31(29,30)17-7-3-5-15(18(17)22)24-20-23-10-14(21)19(25-20)13-9-8-12-11(13)4-2-6-16(12)26(27)28;1-29(27,28)17-7-3-6-16(18(17)22)25-20-24-10-14(21)19(26-20)13-9-8-12-11(13)4-2-5-15(12)23;1-31(29,30)15-7-3-5-13(16(15)21)24-19-23-9-12(20)17(25-19)11-8-22-18-10(11)4-2-6-14(18)26(27)28;13-12-16-5-8(14)10(17-12)7-4-15-11-6(7)2-1-3-9(11)18(19)20/h2-7,9-10H,8H2,1H3,(H,23,24,25);2-7,9-10H,8,23H2,1H3,(H,24,25,26);2-9,22H,1H3,(H,23,24,25);1-5,15H. The third-order valence-corrected chi connectivity index (χ3v) is 20.3. The SMILES string of the molecule is CS(=O)(=O)c1cccc(Nc2ncc(F)c(-c3c[nH]c4c([N+](=O)[O-])cccc34)n2)c1F.CS(=O)(=O)c1cccc(Nc2ncc(F)c(C3=CCc4c(N)cccc43)n2)c1F.CS(=O)(=O)c1cccc(Nc2ncc(F)c(C3=CCc4c3cccc4[N+](=O)[O-])n2)c1F.O=[N+]([O-])c1cccc2c(-c3nc(Cl)ncc3F)c[nH]c12. The van der Waals surface area contributed by atoms with Crippen LogP contribution in [0, 0.1) is 71.1 Å². The summed E-state index contributed by atoms with van der Waals surface area (Å²) in [5.41, 5.74) is 10.1. The van der Waals surface area contributed by atoms with Gasteiger partial charge in [0.15, 0.2) is 70.2 Å². The number of nitrogens with one attached hydrogen (secondary N) is 5. The van der Waals surface area contributed by atoms with Crippen molar-refractivity contribution in [2.75, 3.05) is 40.5 Å². The number of nitrogen functional groups attached to an aromatic ring is 1. The second-order valence-electron chi connectivity index (χ2n) is 23.9. The molecular weight excluding hydrogens is 1550 g/mol. The van der Waals surface area contributed by atoms with Crippen LogP contribution >= 0.6 is 11.6 Å². The van der Waals surface area contributed by atoms with Gasteiger partial charge in [-0.15, -0.1) is 0 Å². The molecule has 29 nitrogen and oxygen atoms in total. The lowest BCUT2D eigenvalue weighted by Crippen LogP contribution is -2.07. The quantitative estimate of drug-likeness (QED) is 0.0172. The molecule has 15 rings (SSSR count). The van der Waals surface area contributed by atoms with E-state index in [4.69, 9.17) is 17.3 Å². The van der Waals surface area contributed by atoms with Gasteiger partial charge in [0.25, 0.3) is 17.1 Å². The first-order valence-corrected chi connectivity index (χ1v) is 37.8. The van der Waals surface area contributed by atoms with Crippen LogP contribution in [0.2, 0.25) is 5.28 Å². The van der Waals surface area contributed by atoms with Gasteiger partial charge in [0.1, 0.15) is 48.5 Å². The van der Waals surface area contributed by atoms with Crippen LogP contribution < -0.4 is 21.7 Å². The van der Waals surface area contributed by atoms with Gasteiger partial charge in [-0.3, -0.25) is 30.3 Å². The van der Waals surface area contributed by atoms with Crippen LogP contribution in [0.15, 0.2) is 191 Å². The lowest BCUT2D eigenvalue weighted by atomic mass is 10.0. The molecule has 6 heterocycles. The zero-order valence-corrected chi connectivity index (χ0v) is 60.0. The van der Waals surface area contributed by atoms with Crippen molar-refractivity contribution in [3.8, 4) is 22.5 Å². The Balaban J connectivity index is 0.000000139. The number of nitrogens with zero attached hydrogens (tertiary/aromatic N) is 11. The van der Waals surface area contributed by atoms with E-state index in [1.54, 1.807) is 36.4 Å². The molecule has 0 radical (unpaired) electrons. The number of H-pyrrole nitrogens is 2. The second-order valence-corrected chi connectivity index (χ2v) is 30.2. The number of nitro groups is 3. The Morgan fingerprint density at radius 1 is 0.423 bits per heavy atom. The minimum atomic E-state index is -3.81. The molecule has 0 atom stereocenters. The summed E-state index contributed by atoms with van der Waals surface area (Å²) in [4.78, 5) is 67.0. The van der Waals surface area contributed by atoms with Crippen LogP contribution in [0.1, 0.15) is 33.6 Å². The van der Waals surface area contributed by atoms with E-state index >= 15 is 0 Å².